The molecule has 0 aliphatic rings. The molecule has 0 fully saturated rings. The number of alkyl halides is 1. The van der Waals surface area contributed by atoms with Gasteiger partial charge in [-0.15, -0.1) is 0 Å². The van der Waals surface area contributed by atoms with Crippen LogP contribution in [-0.4, -0.2) is 26.8 Å². The lowest BCUT2D eigenvalue weighted by molar-refractivity contribution is 0.205. The molecule has 0 aliphatic carbocycles. The van der Waals surface area contributed by atoms with Crippen molar-refractivity contribution in [2.75, 3.05) is 31.7 Å². The van der Waals surface area contributed by atoms with Gasteiger partial charge in [-0.25, -0.2) is 0 Å². The molecule has 0 aliphatic heterocycles. The Kier molecular flexibility index (Phi) is 6.39. The Bertz CT molecular complexity index is 331. The molecule has 90 valence electrons. The summed E-state index contributed by atoms with van der Waals surface area (Å²) in [5.74, 6) is 0. The lowest BCUT2D eigenvalue weighted by Gasteiger charge is -2.25. The monoisotopic (exact) mass is 349 g/mol. The first-order chi connectivity index (χ1) is 7.72. The van der Waals surface area contributed by atoms with E-state index in [0.717, 1.165) is 29.5 Å². The second-order valence-electron chi connectivity index (χ2n) is 3.48. The van der Waals surface area contributed by atoms with Crippen LogP contribution in [0.1, 0.15) is 12.5 Å². The minimum absolute atomic E-state index is 0.756. The van der Waals surface area contributed by atoms with Crippen molar-refractivity contribution in [1.29, 1.82) is 0 Å². The number of hydrogen-bond acceptors (Lipinski definition) is 2. The summed E-state index contributed by atoms with van der Waals surface area (Å²) >= 11 is 7.03. The van der Waals surface area contributed by atoms with Crippen molar-refractivity contribution in [1.82, 2.24) is 0 Å². The average Bonchev–Trinajstić information content (AvgIpc) is 2.31. The van der Waals surface area contributed by atoms with Gasteiger partial charge < -0.3 is 9.64 Å². The second-order valence-corrected chi connectivity index (χ2v) is 4.96. The summed E-state index contributed by atoms with van der Waals surface area (Å²) in [5.41, 5.74) is 2.58. The van der Waals surface area contributed by atoms with Crippen LogP contribution in [0.2, 0.25) is 0 Å². The minimum atomic E-state index is 0.756. The molecular weight excluding hydrogens is 334 g/mol. The van der Waals surface area contributed by atoms with E-state index in [-0.39, 0.29) is 0 Å². The predicted molar refractivity (Wildman–Crippen MR) is 76.5 cm³/mol. The van der Waals surface area contributed by atoms with Crippen LogP contribution in [0.25, 0.3) is 0 Å². The maximum atomic E-state index is 5.13. The summed E-state index contributed by atoms with van der Waals surface area (Å²) in [4.78, 5) is 2.33. The van der Waals surface area contributed by atoms with Crippen LogP contribution in [0, 0.1) is 0 Å². The molecule has 1 aromatic carbocycles. The summed E-state index contributed by atoms with van der Waals surface area (Å²) in [6, 6.07) is 6.39. The van der Waals surface area contributed by atoms with Crippen LogP contribution in [0.5, 0.6) is 0 Å². The van der Waals surface area contributed by atoms with Gasteiger partial charge in [-0.05, 0) is 30.7 Å². The first-order valence-corrected chi connectivity index (χ1v) is 7.22. The Morgan fingerprint density at radius 2 is 2.12 bits per heavy atom. The SMILES string of the molecule is CCN(CCOC)c1ccc(Br)cc1CBr. The number of methoxy groups -OCH3 is 1. The number of ether oxygens (including phenoxy) is 1. The van der Waals surface area contributed by atoms with Crippen molar-refractivity contribution < 1.29 is 4.74 Å². The third-order valence-electron chi connectivity index (χ3n) is 2.47. The molecule has 4 heteroatoms. The standard InChI is InChI=1S/C12H17Br2NO/c1-3-15(6-7-16-2)12-5-4-11(14)8-10(12)9-13/h4-5,8H,3,6-7,9H2,1-2H3. The number of anilines is 1. The Morgan fingerprint density at radius 1 is 1.38 bits per heavy atom. The lowest BCUT2D eigenvalue weighted by Crippen LogP contribution is -2.27. The van der Waals surface area contributed by atoms with Gasteiger partial charge in [0.1, 0.15) is 0 Å². The zero-order valence-corrected chi connectivity index (χ0v) is 12.8. The summed E-state index contributed by atoms with van der Waals surface area (Å²) < 4.78 is 6.25. The first kappa shape index (κ1) is 14.0. The fourth-order valence-corrected chi connectivity index (χ4v) is 2.48. The number of benzene rings is 1. The quantitative estimate of drug-likeness (QED) is 0.723. The Morgan fingerprint density at radius 3 is 2.69 bits per heavy atom. The minimum Gasteiger partial charge on any atom is -0.383 e. The van der Waals surface area contributed by atoms with Crippen molar-refractivity contribution in [3.05, 3.63) is 28.2 Å². The van der Waals surface area contributed by atoms with Crippen LogP contribution in [0.4, 0.5) is 5.69 Å². The van der Waals surface area contributed by atoms with Crippen molar-refractivity contribution in [2.24, 2.45) is 0 Å². The van der Waals surface area contributed by atoms with Gasteiger partial charge in [-0.1, -0.05) is 31.9 Å². The highest BCUT2D eigenvalue weighted by molar-refractivity contribution is 9.10. The predicted octanol–water partition coefficient (Wildman–Crippen LogP) is 3.82. The van der Waals surface area contributed by atoms with Crippen molar-refractivity contribution in [3.8, 4) is 0 Å². The van der Waals surface area contributed by atoms with E-state index in [2.05, 4.69) is 61.9 Å². The van der Waals surface area contributed by atoms with E-state index in [4.69, 9.17) is 4.74 Å². The van der Waals surface area contributed by atoms with Gasteiger partial charge in [0.15, 0.2) is 0 Å². The van der Waals surface area contributed by atoms with Gasteiger partial charge in [-0.2, -0.15) is 0 Å². The third kappa shape index (κ3) is 3.75. The first-order valence-electron chi connectivity index (χ1n) is 5.31. The van der Waals surface area contributed by atoms with Crippen molar-refractivity contribution in [2.45, 2.75) is 12.3 Å². The van der Waals surface area contributed by atoms with E-state index in [1.807, 2.05) is 0 Å². The van der Waals surface area contributed by atoms with Gasteiger partial charge in [0.25, 0.3) is 0 Å². The molecule has 0 spiro atoms. The Labute approximate surface area is 114 Å². The molecule has 0 radical (unpaired) electrons. The molecular formula is C12H17Br2NO. The zero-order valence-electron chi connectivity index (χ0n) is 9.67. The van der Waals surface area contributed by atoms with Crippen LogP contribution in [-0.2, 0) is 10.1 Å². The molecule has 0 saturated carbocycles. The molecule has 0 atom stereocenters. The third-order valence-corrected chi connectivity index (χ3v) is 3.57. The highest BCUT2D eigenvalue weighted by atomic mass is 79.9. The molecule has 0 bridgehead atoms. The summed E-state index contributed by atoms with van der Waals surface area (Å²) in [7, 11) is 1.74. The lowest BCUT2D eigenvalue weighted by atomic mass is 10.2. The fourth-order valence-electron chi connectivity index (χ4n) is 1.62. The Hall–Kier alpha value is -0.0600. The molecule has 0 aromatic heterocycles. The molecule has 2 nitrogen and oxygen atoms in total. The maximum Gasteiger partial charge on any atom is 0.0637 e. The average molecular weight is 351 g/mol. The number of likely N-dealkylation sites (N-methyl/N-ethyl adjacent to an activating group) is 1. The maximum absolute atomic E-state index is 5.13. The van der Waals surface area contributed by atoms with Crippen LogP contribution >= 0.6 is 31.9 Å². The number of rotatable bonds is 6. The van der Waals surface area contributed by atoms with Gasteiger partial charge >= 0.3 is 0 Å². The summed E-state index contributed by atoms with van der Waals surface area (Å²) in [6.45, 7) is 4.83. The van der Waals surface area contributed by atoms with Gasteiger partial charge in [0.05, 0.1) is 6.61 Å². The van der Waals surface area contributed by atoms with Crippen molar-refractivity contribution >= 4 is 37.5 Å². The van der Waals surface area contributed by atoms with E-state index in [1.165, 1.54) is 11.3 Å². The van der Waals surface area contributed by atoms with Crippen LogP contribution in [0.15, 0.2) is 22.7 Å². The number of nitrogens with zero attached hydrogens (tertiary/aromatic N) is 1. The molecule has 0 saturated heterocycles. The molecule has 0 unspecified atom stereocenters. The summed E-state index contributed by atoms with van der Waals surface area (Å²) in [6.07, 6.45) is 0. The number of halogens is 2. The van der Waals surface area contributed by atoms with Crippen LogP contribution < -0.4 is 4.90 Å². The van der Waals surface area contributed by atoms with Crippen LogP contribution in [0.3, 0.4) is 0 Å². The van der Waals surface area contributed by atoms with E-state index in [1.54, 1.807) is 7.11 Å². The Balaban J connectivity index is 2.90. The molecule has 16 heavy (non-hydrogen) atoms. The normalized spacial score (nSPS) is 10.5. The highest BCUT2D eigenvalue weighted by Crippen LogP contribution is 2.26. The molecule has 0 amide bonds. The molecule has 0 N–H and O–H groups in total. The second kappa shape index (κ2) is 7.30. The van der Waals surface area contributed by atoms with E-state index < -0.39 is 0 Å². The van der Waals surface area contributed by atoms with E-state index in [9.17, 15) is 0 Å². The topological polar surface area (TPSA) is 12.5 Å². The van der Waals surface area contributed by atoms with E-state index in [0.29, 0.717) is 0 Å². The number of hydrogen-bond donors (Lipinski definition) is 0. The zero-order chi connectivity index (χ0) is 12.0. The van der Waals surface area contributed by atoms with Gasteiger partial charge in [-0.3, -0.25) is 0 Å². The molecule has 1 rings (SSSR count). The van der Waals surface area contributed by atoms with E-state index >= 15 is 0 Å². The fraction of sp³-hybridized carbons (Fsp3) is 0.500. The highest BCUT2D eigenvalue weighted by Gasteiger charge is 2.09. The van der Waals surface area contributed by atoms with Crippen molar-refractivity contribution in [3.63, 3.8) is 0 Å². The molecule has 0 heterocycles. The summed E-state index contributed by atoms with van der Waals surface area (Å²) in [5, 5.41) is 0.866. The van der Waals surface area contributed by atoms with Gasteiger partial charge in [0, 0.05) is 35.7 Å². The van der Waals surface area contributed by atoms with Gasteiger partial charge in [0.2, 0.25) is 0 Å². The molecule has 1 aromatic rings. The smallest absolute Gasteiger partial charge is 0.0637 e. The largest absolute Gasteiger partial charge is 0.383 e.